The fourth-order valence-electron chi connectivity index (χ4n) is 12.2. The van der Waals surface area contributed by atoms with Gasteiger partial charge in [0, 0.05) is 6.42 Å². The lowest BCUT2D eigenvalue weighted by Crippen LogP contribution is -2.66. The van der Waals surface area contributed by atoms with Crippen molar-refractivity contribution in [2.75, 3.05) is 26.4 Å². The van der Waals surface area contributed by atoms with Gasteiger partial charge in [0.25, 0.3) is 0 Å². The largest absolute Gasteiger partial charge is 0.394 e. The third kappa shape index (κ3) is 35.7. The van der Waals surface area contributed by atoms with Crippen LogP contribution in [-0.2, 0) is 33.2 Å². The highest BCUT2D eigenvalue weighted by Crippen LogP contribution is 2.33. The molecule has 19 heteroatoms. The summed E-state index contributed by atoms with van der Waals surface area (Å²) >= 11 is 0. The van der Waals surface area contributed by atoms with E-state index in [1.807, 2.05) is 6.08 Å². The number of nitrogens with one attached hydrogen (secondary N) is 1. The van der Waals surface area contributed by atoms with Gasteiger partial charge in [0.2, 0.25) is 5.91 Å². The van der Waals surface area contributed by atoms with Gasteiger partial charge in [-0.2, -0.15) is 0 Å². The number of allylic oxidation sites excluding steroid dienone is 9. The maximum absolute atomic E-state index is 13.4. The van der Waals surface area contributed by atoms with E-state index in [0.717, 1.165) is 77.0 Å². The average Bonchev–Trinajstić information content (AvgIpc) is 0.838. The maximum Gasteiger partial charge on any atom is 0.220 e. The molecule has 0 aromatic heterocycles. The second-order valence-corrected chi connectivity index (χ2v) is 26.0. The zero-order chi connectivity index (χ0) is 66.8. The van der Waals surface area contributed by atoms with Gasteiger partial charge >= 0.3 is 0 Å². The molecule has 17 atom stereocenters. The van der Waals surface area contributed by atoms with Crippen LogP contribution >= 0.6 is 0 Å². The molecule has 92 heavy (non-hydrogen) atoms. The van der Waals surface area contributed by atoms with E-state index in [0.29, 0.717) is 6.42 Å². The van der Waals surface area contributed by atoms with Crippen LogP contribution in [0, 0.1) is 0 Å². The first-order valence-electron chi connectivity index (χ1n) is 36.5. The monoisotopic (exact) mass is 1310 g/mol. The number of rotatable bonds is 56. The molecule has 0 bridgehead atoms. The minimum atomic E-state index is -1.98. The highest BCUT2D eigenvalue weighted by molar-refractivity contribution is 5.76. The second kappa shape index (κ2) is 54.5. The molecule has 1 amide bonds. The van der Waals surface area contributed by atoms with Crippen molar-refractivity contribution in [2.45, 2.75) is 369 Å². The van der Waals surface area contributed by atoms with Crippen molar-refractivity contribution in [1.82, 2.24) is 5.32 Å². The van der Waals surface area contributed by atoms with E-state index in [-0.39, 0.29) is 18.9 Å². The van der Waals surface area contributed by atoms with E-state index in [2.05, 4.69) is 67.8 Å². The van der Waals surface area contributed by atoms with Gasteiger partial charge in [-0.15, -0.1) is 0 Å². The predicted octanol–water partition coefficient (Wildman–Crippen LogP) is 10.3. The Kier molecular flexibility index (Phi) is 49.6. The van der Waals surface area contributed by atoms with Crippen LogP contribution in [0.4, 0.5) is 0 Å². The summed E-state index contributed by atoms with van der Waals surface area (Å²) in [5, 5.41) is 121. The molecular weight excluding hydrogens is 1180 g/mol. The summed E-state index contributed by atoms with van der Waals surface area (Å²) in [7, 11) is 0. The van der Waals surface area contributed by atoms with Crippen LogP contribution in [0.2, 0.25) is 0 Å². The summed E-state index contributed by atoms with van der Waals surface area (Å²) in [5.41, 5.74) is 0. The molecule has 17 unspecified atom stereocenters. The number of hydrogen-bond acceptors (Lipinski definition) is 18. The van der Waals surface area contributed by atoms with Crippen molar-refractivity contribution in [1.29, 1.82) is 0 Å². The summed E-state index contributed by atoms with van der Waals surface area (Å²) in [4.78, 5) is 13.4. The summed E-state index contributed by atoms with van der Waals surface area (Å²) in [6.45, 7) is 1.62. The number of aliphatic hydroxyl groups excluding tert-OH is 11. The molecule has 12 N–H and O–H groups in total. The van der Waals surface area contributed by atoms with Crippen LogP contribution in [0.5, 0.6) is 0 Å². The van der Waals surface area contributed by atoms with Gasteiger partial charge in [0.05, 0.1) is 38.6 Å². The molecule has 0 radical (unpaired) electrons. The molecule has 0 aromatic rings. The normalized spacial score (nSPS) is 28.0. The van der Waals surface area contributed by atoms with E-state index in [1.54, 1.807) is 6.08 Å². The molecule has 3 aliphatic rings. The van der Waals surface area contributed by atoms with Gasteiger partial charge < -0.3 is 89.9 Å². The molecule has 0 saturated carbocycles. The Morgan fingerprint density at radius 2 is 0.750 bits per heavy atom. The SMILES string of the molecule is CC/C=C\C/C=C\C/C=C\C/C=C\CCCCCCC(=O)NC(COC1OC(CO)C(OC2OC(CO)C(OC3OC(CO)C(O)C(O)C3O)C(O)C2O)C(O)C1O)C(O)/C=C/CCCCCCCCCCCCCCCCCCCCCCCCCCCCCC. The van der Waals surface area contributed by atoms with Crippen LogP contribution in [0.25, 0.3) is 0 Å². The first-order chi connectivity index (χ1) is 44.8. The van der Waals surface area contributed by atoms with Crippen molar-refractivity contribution in [2.24, 2.45) is 0 Å². The number of amides is 1. The molecule has 19 nitrogen and oxygen atoms in total. The molecule has 3 fully saturated rings. The Morgan fingerprint density at radius 1 is 0.402 bits per heavy atom. The molecule has 0 spiro atoms. The standard InChI is InChI=1S/C73H131NO18/c1-3-5-7-9-11-13-15-17-19-21-22-23-24-25-26-27-28-29-30-31-32-33-35-36-38-40-42-44-46-48-50-57(78)56(74-61(79)51-49-47-45-43-41-39-37-34-20-18-16-14-12-10-8-6-4-2)55-87-71-67(85)64(82)69(59(53-76)89-71)92-73-68(86)65(83)70(60(54-77)90-73)91-72-66(84)63(81)62(80)58(52-75)88-72/h6,8,12,14,18,20,37,39,48,50,56-60,62-73,75-78,80-86H,3-5,7,9-11,13,15-17,19,21-36,38,40-47,49,51-55H2,1-2H3,(H,74,79)/b8-6-,14-12-,20-18-,39-37-,50-48+. The van der Waals surface area contributed by atoms with Crippen LogP contribution < -0.4 is 5.32 Å². The molecule has 0 aromatic carbocycles. The Bertz CT molecular complexity index is 1900. The Balaban J connectivity index is 1.40. The van der Waals surface area contributed by atoms with Crippen LogP contribution in [0.3, 0.4) is 0 Å². The minimum Gasteiger partial charge on any atom is -0.394 e. The van der Waals surface area contributed by atoms with Gasteiger partial charge in [-0.05, 0) is 57.8 Å². The molecule has 3 saturated heterocycles. The summed E-state index contributed by atoms with van der Waals surface area (Å²) in [6, 6.07) is -0.990. The highest BCUT2D eigenvalue weighted by atomic mass is 16.8. The zero-order valence-electron chi connectivity index (χ0n) is 56.8. The molecular formula is C73H131NO18. The third-order valence-corrected chi connectivity index (χ3v) is 18.1. The average molecular weight is 1310 g/mol. The molecule has 0 aliphatic carbocycles. The zero-order valence-corrected chi connectivity index (χ0v) is 56.8. The predicted molar refractivity (Wildman–Crippen MR) is 360 cm³/mol. The number of unbranched alkanes of at least 4 members (excludes halogenated alkanes) is 32. The van der Waals surface area contributed by atoms with E-state index < -0.39 is 124 Å². The van der Waals surface area contributed by atoms with Crippen molar-refractivity contribution in [3.8, 4) is 0 Å². The lowest BCUT2D eigenvalue weighted by molar-refractivity contribution is -0.379. The fraction of sp³-hybridized carbons (Fsp3) is 0.849. The van der Waals surface area contributed by atoms with Crippen LogP contribution in [0.15, 0.2) is 60.8 Å². The van der Waals surface area contributed by atoms with Gasteiger partial charge in [0.1, 0.15) is 73.2 Å². The van der Waals surface area contributed by atoms with E-state index in [9.17, 15) is 61.0 Å². The number of aliphatic hydroxyl groups is 11. The summed E-state index contributed by atoms with van der Waals surface area (Å²) in [6.07, 6.45) is 40.7. The summed E-state index contributed by atoms with van der Waals surface area (Å²) < 4.78 is 34.4. The van der Waals surface area contributed by atoms with E-state index in [4.69, 9.17) is 28.4 Å². The maximum atomic E-state index is 13.4. The molecule has 3 rings (SSSR count). The van der Waals surface area contributed by atoms with Gasteiger partial charge in [-0.25, -0.2) is 0 Å². The molecule has 3 heterocycles. The van der Waals surface area contributed by atoms with Crippen LogP contribution in [-0.4, -0.2) is 193 Å². The van der Waals surface area contributed by atoms with Crippen molar-refractivity contribution < 1.29 is 89.4 Å². The van der Waals surface area contributed by atoms with Gasteiger partial charge in [-0.3, -0.25) is 4.79 Å². The number of carbonyl (C=O) groups is 1. The number of carbonyl (C=O) groups excluding carboxylic acids is 1. The van der Waals surface area contributed by atoms with E-state index in [1.165, 1.54) is 161 Å². The Morgan fingerprint density at radius 3 is 1.17 bits per heavy atom. The lowest BCUT2D eigenvalue weighted by atomic mass is 9.96. The smallest absolute Gasteiger partial charge is 0.220 e. The van der Waals surface area contributed by atoms with Crippen molar-refractivity contribution >= 4 is 5.91 Å². The Labute approximate surface area is 554 Å². The first kappa shape index (κ1) is 83.7. The Hall–Kier alpha value is -2.51. The number of ether oxygens (including phenoxy) is 6. The molecule has 3 aliphatic heterocycles. The topological polar surface area (TPSA) is 307 Å². The minimum absolute atomic E-state index is 0.213. The van der Waals surface area contributed by atoms with Crippen LogP contribution in [0.1, 0.15) is 264 Å². The van der Waals surface area contributed by atoms with Gasteiger partial charge in [-0.1, -0.05) is 261 Å². The lowest BCUT2D eigenvalue weighted by Gasteiger charge is -2.48. The number of hydrogen-bond donors (Lipinski definition) is 12. The third-order valence-electron chi connectivity index (χ3n) is 18.1. The highest BCUT2D eigenvalue weighted by Gasteiger charge is 2.53. The quantitative estimate of drug-likeness (QED) is 0.0199. The molecule has 536 valence electrons. The summed E-state index contributed by atoms with van der Waals surface area (Å²) in [5.74, 6) is -0.298. The van der Waals surface area contributed by atoms with Crippen molar-refractivity contribution in [3.05, 3.63) is 60.8 Å². The first-order valence-corrected chi connectivity index (χ1v) is 36.5. The fourth-order valence-corrected chi connectivity index (χ4v) is 12.2. The second-order valence-electron chi connectivity index (χ2n) is 26.0. The van der Waals surface area contributed by atoms with Gasteiger partial charge in [0.15, 0.2) is 18.9 Å². The van der Waals surface area contributed by atoms with E-state index >= 15 is 0 Å². The van der Waals surface area contributed by atoms with Crippen molar-refractivity contribution in [3.63, 3.8) is 0 Å².